The van der Waals surface area contributed by atoms with Gasteiger partial charge < -0.3 is 9.30 Å². The molecule has 154 valence electrons. The largest absolute Gasteiger partial charge is 0.454 e. The first-order valence-corrected chi connectivity index (χ1v) is 9.75. The van der Waals surface area contributed by atoms with Crippen LogP contribution in [0, 0.1) is 27.7 Å². The molecule has 0 aliphatic rings. The number of ether oxygens (including phenoxy) is 1. The first-order valence-electron chi connectivity index (χ1n) is 9.75. The van der Waals surface area contributed by atoms with E-state index in [0.29, 0.717) is 11.1 Å². The maximum atomic E-state index is 13.1. The molecule has 0 aliphatic heterocycles. The molecule has 0 saturated carbocycles. The molecule has 0 atom stereocenters. The molecule has 0 bridgehead atoms. The molecule has 0 N–H and O–H groups in total. The van der Waals surface area contributed by atoms with Gasteiger partial charge in [0.15, 0.2) is 12.4 Å². The molecule has 3 aromatic rings. The summed E-state index contributed by atoms with van der Waals surface area (Å²) in [6.45, 7) is 7.14. The van der Waals surface area contributed by atoms with E-state index in [0.717, 1.165) is 22.5 Å². The van der Waals surface area contributed by atoms with Crippen molar-refractivity contribution in [1.82, 2.24) is 4.57 Å². The summed E-state index contributed by atoms with van der Waals surface area (Å²) in [5.41, 5.74) is 5.05. The number of esters is 1. The Bertz CT molecular complexity index is 1150. The van der Waals surface area contributed by atoms with Gasteiger partial charge in [-0.15, -0.1) is 0 Å². The van der Waals surface area contributed by atoms with E-state index in [2.05, 4.69) is 0 Å². The molecule has 5 heteroatoms. The number of hydrogen-bond acceptors (Lipinski definition) is 4. The van der Waals surface area contributed by atoms with Crippen LogP contribution in [0.5, 0.6) is 0 Å². The highest BCUT2D eigenvalue weighted by Crippen LogP contribution is 2.20. The Labute approximate surface area is 176 Å². The fourth-order valence-electron chi connectivity index (χ4n) is 3.41. The van der Waals surface area contributed by atoms with Gasteiger partial charge in [0.1, 0.15) is 0 Å². The number of carbonyl (C=O) groups excluding carboxylic acids is 3. The number of benzene rings is 2. The van der Waals surface area contributed by atoms with Crippen LogP contribution in [0.2, 0.25) is 0 Å². The molecule has 0 radical (unpaired) electrons. The minimum absolute atomic E-state index is 0.150. The zero-order valence-corrected chi connectivity index (χ0v) is 17.9. The van der Waals surface area contributed by atoms with Crippen LogP contribution in [0.25, 0.3) is 0 Å². The lowest BCUT2D eigenvalue weighted by molar-refractivity contribution is 0.0472. The van der Waals surface area contributed by atoms with E-state index in [9.17, 15) is 14.4 Å². The van der Waals surface area contributed by atoms with Crippen LogP contribution >= 0.6 is 0 Å². The maximum absolute atomic E-state index is 13.1. The fraction of sp³-hybridized carbons (Fsp3) is 0.240. The lowest BCUT2D eigenvalue weighted by Crippen LogP contribution is -2.18. The third-order valence-electron chi connectivity index (χ3n) is 5.44. The second-order valence-electron chi connectivity index (χ2n) is 7.54. The van der Waals surface area contributed by atoms with Gasteiger partial charge >= 0.3 is 5.97 Å². The van der Waals surface area contributed by atoms with Crippen molar-refractivity contribution < 1.29 is 19.1 Å². The first kappa shape index (κ1) is 21.2. The van der Waals surface area contributed by atoms with Crippen molar-refractivity contribution in [1.29, 1.82) is 0 Å². The summed E-state index contributed by atoms with van der Waals surface area (Å²) < 4.78 is 7.19. The average Bonchev–Trinajstić information content (AvgIpc) is 3.00. The lowest BCUT2D eigenvalue weighted by Gasteiger charge is -2.11. The fourth-order valence-corrected chi connectivity index (χ4v) is 3.41. The maximum Gasteiger partial charge on any atom is 0.339 e. The van der Waals surface area contributed by atoms with Crippen LogP contribution in [0.4, 0.5) is 0 Å². The van der Waals surface area contributed by atoms with Gasteiger partial charge in [-0.05, 0) is 51.5 Å². The van der Waals surface area contributed by atoms with Crippen molar-refractivity contribution in [3.05, 3.63) is 93.3 Å². The van der Waals surface area contributed by atoms with E-state index in [-0.39, 0.29) is 29.3 Å². The number of ketones is 2. The van der Waals surface area contributed by atoms with E-state index in [4.69, 9.17) is 4.74 Å². The third kappa shape index (κ3) is 4.10. The molecular weight excluding hydrogens is 378 g/mol. The van der Waals surface area contributed by atoms with Gasteiger partial charge in [-0.25, -0.2) is 4.79 Å². The summed E-state index contributed by atoms with van der Waals surface area (Å²) in [5.74, 6) is -1.21. The van der Waals surface area contributed by atoms with Crippen molar-refractivity contribution in [2.45, 2.75) is 27.7 Å². The minimum Gasteiger partial charge on any atom is -0.454 e. The van der Waals surface area contributed by atoms with Gasteiger partial charge in [0.25, 0.3) is 0 Å². The zero-order chi connectivity index (χ0) is 22.0. The summed E-state index contributed by atoms with van der Waals surface area (Å²) >= 11 is 0. The van der Waals surface area contributed by atoms with E-state index in [1.165, 1.54) is 0 Å². The molecule has 0 spiro atoms. The topological polar surface area (TPSA) is 65.4 Å². The van der Waals surface area contributed by atoms with Crippen molar-refractivity contribution in [3.8, 4) is 0 Å². The van der Waals surface area contributed by atoms with Crippen molar-refractivity contribution in [3.63, 3.8) is 0 Å². The van der Waals surface area contributed by atoms with Gasteiger partial charge in [-0.1, -0.05) is 35.9 Å². The van der Waals surface area contributed by atoms with E-state index in [1.807, 2.05) is 57.5 Å². The number of rotatable bonds is 6. The Morgan fingerprint density at radius 2 is 1.50 bits per heavy atom. The smallest absolute Gasteiger partial charge is 0.339 e. The predicted molar refractivity (Wildman–Crippen MR) is 115 cm³/mol. The molecule has 0 fully saturated rings. The van der Waals surface area contributed by atoms with Crippen molar-refractivity contribution in [2.24, 2.45) is 7.05 Å². The second kappa shape index (κ2) is 8.49. The van der Waals surface area contributed by atoms with Crippen LogP contribution < -0.4 is 0 Å². The van der Waals surface area contributed by atoms with E-state index < -0.39 is 5.97 Å². The number of carbonyl (C=O) groups is 3. The van der Waals surface area contributed by atoms with Crippen LogP contribution in [0.1, 0.15) is 59.2 Å². The number of nitrogens with zero attached hydrogens (tertiary/aromatic N) is 1. The minimum atomic E-state index is -0.692. The quantitative estimate of drug-likeness (QED) is 0.448. The summed E-state index contributed by atoms with van der Waals surface area (Å²) in [4.78, 5) is 38.4. The number of Topliss-reactive ketones (excluding diaryl/α,β-unsaturated/α-hetero) is 1. The molecule has 0 amide bonds. The first-order chi connectivity index (χ1) is 14.2. The summed E-state index contributed by atoms with van der Waals surface area (Å²) in [7, 11) is 1.88. The van der Waals surface area contributed by atoms with Crippen LogP contribution in [0.3, 0.4) is 0 Å². The monoisotopic (exact) mass is 403 g/mol. The number of hydrogen-bond donors (Lipinski definition) is 0. The zero-order valence-electron chi connectivity index (χ0n) is 17.9. The van der Waals surface area contributed by atoms with Crippen LogP contribution in [-0.2, 0) is 11.8 Å². The Morgan fingerprint density at radius 1 is 0.833 bits per heavy atom. The van der Waals surface area contributed by atoms with Gasteiger partial charge in [0.2, 0.25) is 5.78 Å². The van der Waals surface area contributed by atoms with Gasteiger partial charge in [-0.2, -0.15) is 0 Å². The highest BCUT2D eigenvalue weighted by molar-refractivity contribution is 6.15. The SMILES string of the molecule is Cc1ccc(C)c(C(=O)c2ccccc2C(=O)OCC(=O)c2cc(C)n(C)c2C)c1. The normalized spacial score (nSPS) is 10.7. The number of aromatic nitrogens is 1. The molecule has 30 heavy (non-hydrogen) atoms. The van der Waals surface area contributed by atoms with Crippen molar-refractivity contribution >= 4 is 17.5 Å². The molecule has 2 aromatic carbocycles. The van der Waals surface area contributed by atoms with Crippen LogP contribution in [0.15, 0.2) is 48.5 Å². The predicted octanol–water partition coefficient (Wildman–Crippen LogP) is 4.53. The van der Waals surface area contributed by atoms with E-state index in [1.54, 1.807) is 30.3 Å². The molecule has 0 saturated heterocycles. The Morgan fingerprint density at radius 3 is 2.13 bits per heavy atom. The highest BCUT2D eigenvalue weighted by atomic mass is 16.5. The summed E-state index contributed by atoms with van der Waals surface area (Å²) in [6, 6.07) is 13.9. The molecular formula is C25H25NO4. The molecule has 1 aromatic heterocycles. The highest BCUT2D eigenvalue weighted by Gasteiger charge is 2.22. The Kier molecular flexibility index (Phi) is 6.01. The van der Waals surface area contributed by atoms with Gasteiger partial charge in [0.05, 0.1) is 5.56 Å². The molecule has 0 aliphatic carbocycles. The van der Waals surface area contributed by atoms with E-state index >= 15 is 0 Å². The second-order valence-corrected chi connectivity index (χ2v) is 7.54. The third-order valence-corrected chi connectivity index (χ3v) is 5.44. The molecule has 0 unspecified atom stereocenters. The summed E-state index contributed by atoms with van der Waals surface area (Å²) in [5, 5.41) is 0. The summed E-state index contributed by atoms with van der Waals surface area (Å²) in [6.07, 6.45) is 0. The number of aryl methyl sites for hydroxylation is 3. The van der Waals surface area contributed by atoms with Crippen molar-refractivity contribution in [2.75, 3.05) is 6.61 Å². The van der Waals surface area contributed by atoms with Gasteiger partial charge in [-0.3, -0.25) is 9.59 Å². The van der Waals surface area contributed by atoms with Crippen LogP contribution in [-0.4, -0.2) is 28.7 Å². The molecule has 1 heterocycles. The lowest BCUT2D eigenvalue weighted by atomic mass is 9.94. The molecule has 3 rings (SSSR count). The Balaban J connectivity index is 1.82. The molecule has 5 nitrogen and oxygen atoms in total. The average molecular weight is 403 g/mol. The standard InChI is InChI=1S/C25H25NO4/c1-15-10-11-16(2)21(12-15)24(28)19-8-6-7-9-20(19)25(29)30-14-23(27)22-13-17(3)26(5)18(22)4/h6-13H,14H2,1-5H3. The van der Waals surface area contributed by atoms with Gasteiger partial charge in [0, 0.05) is 35.1 Å². The Hall–Kier alpha value is -3.47.